The van der Waals surface area contributed by atoms with Crippen LogP contribution in [0.2, 0.25) is 0 Å². The molecule has 0 N–H and O–H groups in total. The first-order valence-corrected chi connectivity index (χ1v) is 2.17. The van der Waals surface area contributed by atoms with Crippen LogP contribution in [0, 0.1) is 0 Å². The summed E-state index contributed by atoms with van der Waals surface area (Å²) in [5, 5.41) is 9.49. The Morgan fingerprint density at radius 2 is 1.55 bits per heavy atom. The molecule has 0 amide bonds. The van der Waals surface area contributed by atoms with Gasteiger partial charge in [0.1, 0.15) is 0 Å². The van der Waals surface area contributed by atoms with E-state index >= 15 is 0 Å². The zero-order chi connectivity index (χ0) is 8.73. The molecule has 11 heavy (non-hydrogen) atoms. The van der Waals surface area contributed by atoms with Crippen molar-refractivity contribution in [3.8, 4) is 0 Å². The van der Waals surface area contributed by atoms with E-state index < -0.39 is 13.5 Å². The van der Waals surface area contributed by atoms with Crippen LogP contribution in [-0.4, -0.2) is 13.5 Å². The third-order valence-electron chi connectivity index (χ3n) is 0.348. The molecule has 0 aliphatic carbocycles. The van der Waals surface area contributed by atoms with Crippen molar-refractivity contribution in [3.63, 3.8) is 0 Å². The summed E-state index contributed by atoms with van der Waals surface area (Å²) in [5.74, 6) is -1.19. The summed E-state index contributed by atoms with van der Waals surface area (Å²) in [6.07, 6.45) is 0. The molecule has 0 radical (unpaired) electrons. The monoisotopic (exact) mass is 192 g/mol. The minimum atomic E-state index is -3.67. The Balaban J connectivity index is -0.000000114. The fraction of sp³-hybridized carbons (Fsp3) is 0.250. The second kappa shape index (κ2) is 10.7. The third-order valence-corrected chi connectivity index (χ3v) is 0.348. The SMILES string of the molecule is C=C(C)C(=O)[O-].FB(F)F.[K+]. The van der Waals surface area contributed by atoms with Gasteiger partial charge in [0.15, 0.2) is 0 Å². The number of halogens is 3. The van der Waals surface area contributed by atoms with E-state index in [4.69, 9.17) is 0 Å². The molecular formula is C4H5BF3KO2. The number of rotatable bonds is 1. The number of carbonyl (C=O) groups is 1. The average molecular weight is 192 g/mol. The molecule has 58 valence electrons. The molecule has 0 aliphatic rings. The van der Waals surface area contributed by atoms with Crippen molar-refractivity contribution in [1.82, 2.24) is 0 Å². The van der Waals surface area contributed by atoms with Gasteiger partial charge in [0.2, 0.25) is 0 Å². The van der Waals surface area contributed by atoms with Crippen molar-refractivity contribution in [2.45, 2.75) is 6.92 Å². The van der Waals surface area contributed by atoms with Crippen molar-refractivity contribution in [3.05, 3.63) is 12.2 Å². The van der Waals surface area contributed by atoms with Gasteiger partial charge in [-0.2, -0.15) is 0 Å². The van der Waals surface area contributed by atoms with E-state index in [1.54, 1.807) is 0 Å². The molecule has 0 saturated heterocycles. The van der Waals surface area contributed by atoms with Gasteiger partial charge < -0.3 is 9.90 Å². The Morgan fingerprint density at radius 3 is 1.55 bits per heavy atom. The quantitative estimate of drug-likeness (QED) is 0.332. The van der Waals surface area contributed by atoms with Gasteiger partial charge in [0, 0.05) is 0 Å². The first-order chi connectivity index (χ1) is 4.37. The van der Waals surface area contributed by atoms with E-state index in [9.17, 15) is 22.8 Å². The van der Waals surface area contributed by atoms with Gasteiger partial charge in [-0.1, -0.05) is 6.58 Å². The normalized spacial score (nSPS) is 6.55. The van der Waals surface area contributed by atoms with E-state index in [0.29, 0.717) is 0 Å². The summed E-state index contributed by atoms with van der Waals surface area (Å²) in [6.45, 7) is 4.48. The molecule has 0 bridgehead atoms. The van der Waals surface area contributed by atoms with Crippen LogP contribution < -0.4 is 56.5 Å². The molecular weight excluding hydrogens is 187 g/mol. The van der Waals surface area contributed by atoms with Crippen LogP contribution in [0.15, 0.2) is 12.2 Å². The number of carbonyl (C=O) groups excluding carboxylic acids is 1. The summed E-state index contributed by atoms with van der Waals surface area (Å²) in [6, 6.07) is 0. The molecule has 0 spiro atoms. The van der Waals surface area contributed by atoms with Gasteiger partial charge in [-0.3, -0.25) is 12.9 Å². The molecule has 0 fully saturated rings. The van der Waals surface area contributed by atoms with Gasteiger partial charge in [0.05, 0.1) is 5.97 Å². The second-order valence-electron chi connectivity index (χ2n) is 1.32. The van der Waals surface area contributed by atoms with Crippen molar-refractivity contribution in [1.29, 1.82) is 0 Å². The zero-order valence-corrected chi connectivity index (χ0v) is 9.36. The molecule has 2 nitrogen and oxygen atoms in total. The first-order valence-electron chi connectivity index (χ1n) is 2.17. The fourth-order valence-electron chi connectivity index (χ4n) is 0. The summed E-state index contributed by atoms with van der Waals surface area (Å²) in [5.41, 5.74) is 0.0648. The molecule has 0 heterocycles. The Bertz CT molecular complexity index is 116. The van der Waals surface area contributed by atoms with Gasteiger partial charge >= 0.3 is 58.9 Å². The Hall–Kier alpha value is 0.701. The molecule has 0 atom stereocenters. The number of aliphatic carboxylic acids is 1. The average Bonchev–Trinajstić information content (AvgIpc) is 1.63. The van der Waals surface area contributed by atoms with E-state index in [0.717, 1.165) is 0 Å². The topological polar surface area (TPSA) is 40.1 Å². The van der Waals surface area contributed by atoms with Gasteiger partial charge in [0.25, 0.3) is 0 Å². The van der Waals surface area contributed by atoms with Gasteiger partial charge in [-0.25, -0.2) is 0 Å². The number of carboxylic acid groups (broad SMARTS) is 1. The molecule has 7 heteroatoms. The fourth-order valence-corrected chi connectivity index (χ4v) is 0. The molecule has 0 aromatic carbocycles. The van der Waals surface area contributed by atoms with Crippen LogP contribution in [0.3, 0.4) is 0 Å². The van der Waals surface area contributed by atoms with Crippen LogP contribution in [0.25, 0.3) is 0 Å². The minimum absolute atomic E-state index is 0. The van der Waals surface area contributed by atoms with Crippen LogP contribution in [0.4, 0.5) is 12.9 Å². The van der Waals surface area contributed by atoms with E-state index in [1.807, 2.05) is 0 Å². The van der Waals surface area contributed by atoms with E-state index in [1.165, 1.54) is 6.92 Å². The molecule has 0 saturated carbocycles. The molecule has 0 aromatic heterocycles. The molecule has 0 aromatic rings. The van der Waals surface area contributed by atoms with E-state index in [-0.39, 0.29) is 57.0 Å². The maximum Gasteiger partial charge on any atom is 1.00 e. The van der Waals surface area contributed by atoms with Crippen molar-refractivity contribution < 1.29 is 74.2 Å². The number of carboxylic acids is 1. The maximum atomic E-state index is 9.67. The maximum absolute atomic E-state index is 9.67. The Labute approximate surface area is 105 Å². The van der Waals surface area contributed by atoms with Crippen LogP contribution in [0.5, 0.6) is 0 Å². The smallest absolute Gasteiger partial charge is 0.545 e. The minimum Gasteiger partial charge on any atom is -0.545 e. The molecule has 0 aliphatic heterocycles. The van der Waals surface area contributed by atoms with E-state index in [2.05, 4.69) is 6.58 Å². The zero-order valence-electron chi connectivity index (χ0n) is 6.23. The Kier molecular flexibility index (Phi) is 17.2. The first kappa shape index (κ1) is 17.7. The predicted molar refractivity (Wildman–Crippen MR) is 28.9 cm³/mol. The summed E-state index contributed by atoms with van der Waals surface area (Å²) >= 11 is 0. The van der Waals surface area contributed by atoms with Crippen LogP contribution in [-0.2, 0) is 4.79 Å². The van der Waals surface area contributed by atoms with Crippen LogP contribution >= 0.6 is 0 Å². The Morgan fingerprint density at radius 1 is 1.45 bits per heavy atom. The molecule has 0 rings (SSSR count). The molecule has 0 unspecified atom stereocenters. The second-order valence-corrected chi connectivity index (χ2v) is 1.32. The van der Waals surface area contributed by atoms with Gasteiger partial charge in [-0.05, 0) is 12.5 Å². The summed E-state index contributed by atoms with van der Waals surface area (Å²) in [4.78, 5) is 9.49. The number of hydrogen-bond acceptors (Lipinski definition) is 2. The van der Waals surface area contributed by atoms with Crippen molar-refractivity contribution in [2.24, 2.45) is 0 Å². The summed E-state index contributed by atoms with van der Waals surface area (Å²) in [7, 11) is -3.67. The van der Waals surface area contributed by atoms with Crippen molar-refractivity contribution >= 4 is 13.5 Å². The summed E-state index contributed by atoms with van der Waals surface area (Å²) < 4.78 is 29.0. The largest absolute Gasteiger partial charge is 1.00 e. The standard InChI is InChI=1S/C4H6O2.BF3.K/c1-3(2)4(5)6;2-1(3)4;/h1H2,2H3,(H,5,6);;/q;;+1/p-1. The van der Waals surface area contributed by atoms with Gasteiger partial charge in [-0.15, -0.1) is 0 Å². The van der Waals surface area contributed by atoms with Crippen LogP contribution in [0.1, 0.15) is 6.92 Å². The predicted octanol–water partition coefficient (Wildman–Crippen LogP) is -2.80. The number of hydrogen-bond donors (Lipinski definition) is 0. The van der Waals surface area contributed by atoms with Crippen molar-refractivity contribution in [2.75, 3.05) is 0 Å². The third kappa shape index (κ3) is 36.7.